The Morgan fingerprint density at radius 3 is 2.76 bits per heavy atom. The Bertz CT molecular complexity index is 657. The van der Waals surface area contributed by atoms with Crippen molar-refractivity contribution >= 4 is 17.4 Å². The smallest absolute Gasteiger partial charge is 0.209 e. The molecular weight excluding hydrogens is 284 g/mol. The molecule has 1 aliphatic heterocycles. The van der Waals surface area contributed by atoms with Crippen LogP contribution < -0.4 is 5.32 Å². The molecule has 2 heterocycles. The second-order valence-electron chi connectivity index (χ2n) is 5.57. The number of piperidine rings is 1. The quantitative estimate of drug-likeness (QED) is 0.879. The van der Waals surface area contributed by atoms with E-state index in [0.717, 1.165) is 37.2 Å². The second-order valence-corrected chi connectivity index (χ2v) is 5.98. The number of carbonyl (C=O) groups is 1. The third-order valence-electron chi connectivity index (χ3n) is 4.15. The molecule has 1 aromatic heterocycles. The fourth-order valence-corrected chi connectivity index (χ4v) is 3.05. The first-order valence-electron chi connectivity index (χ1n) is 7.35. The van der Waals surface area contributed by atoms with Crippen LogP contribution in [-0.2, 0) is 0 Å². The highest BCUT2D eigenvalue weighted by molar-refractivity contribution is 6.31. The van der Waals surface area contributed by atoms with Gasteiger partial charge in [-0.25, -0.2) is 0 Å². The van der Waals surface area contributed by atoms with Gasteiger partial charge in [0.05, 0.1) is 5.69 Å². The van der Waals surface area contributed by atoms with Crippen molar-refractivity contribution < 1.29 is 4.79 Å². The van der Waals surface area contributed by atoms with Crippen molar-refractivity contribution in [3.63, 3.8) is 0 Å². The van der Waals surface area contributed by atoms with Gasteiger partial charge in [0.2, 0.25) is 5.78 Å². The number of aryl methyl sites for hydroxylation is 1. The van der Waals surface area contributed by atoms with Crippen molar-refractivity contribution in [1.82, 2.24) is 9.88 Å². The van der Waals surface area contributed by atoms with Gasteiger partial charge in [0.1, 0.15) is 0 Å². The molecule has 0 bridgehead atoms. The van der Waals surface area contributed by atoms with Crippen molar-refractivity contribution in [2.24, 2.45) is 0 Å². The fourth-order valence-electron chi connectivity index (χ4n) is 2.87. The molecule has 1 N–H and O–H groups in total. The highest BCUT2D eigenvalue weighted by Gasteiger charge is 2.21. The van der Waals surface area contributed by atoms with Gasteiger partial charge < -0.3 is 9.88 Å². The minimum absolute atomic E-state index is 0.0421. The lowest BCUT2D eigenvalue weighted by Gasteiger charge is -2.25. The number of halogens is 1. The maximum absolute atomic E-state index is 12.7. The van der Waals surface area contributed by atoms with Crippen LogP contribution >= 0.6 is 11.6 Å². The van der Waals surface area contributed by atoms with Crippen molar-refractivity contribution in [2.75, 3.05) is 13.1 Å². The Kier molecular flexibility index (Phi) is 4.13. The maximum Gasteiger partial charge on any atom is 0.209 e. The number of nitrogens with one attached hydrogen (secondary N) is 1. The van der Waals surface area contributed by atoms with E-state index in [1.807, 2.05) is 37.4 Å². The largest absolute Gasteiger partial charge is 0.342 e. The molecule has 1 saturated heterocycles. The summed E-state index contributed by atoms with van der Waals surface area (Å²) in [6.07, 6.45) is 4.13. The van der Waals surface area contributed by atoms with E-state index >= 15 is 0 Å². The van der Waals surface area contributed by atoms with Gasteiger partial charge in [-0.2, -0.15) is 0 Å². The van der Waals surface area contributed by atoms with E-state index in [9.17, 15) is 4.79 Å². The molecule has 110 valence electrons. The zero-order valence-electron chi connectivity index (χ0n) is 12.1. The summed E-state index contributed by atoms with van der Waals surface area (Å²) in [6, 6.07) is 9.76. The zero-order chi connectivity index (χ0) is 14.8. The molecule has 1 aromatic carbocycles. The molecular formula is C17H19ClN2O. The van der Waals surface area contributed by atoms with E-state index in [0.29, 0.717) is 16.6 Å². The molecule has 2 aromatic rings. The molecule has 0 amide bonds. The van der Waals surface area contributed by atoms with Crippen molar-refractivity contribution in [3.05, 3.63) is 58.4 Å². The van der Waals surface area contributed by atoms with Gasteiger partial charge in [-0.3, -0.25) is 4.79 Å². The molecule has 0 saturated carbocycles. The van der Waals surface area contributed by atoms with Crippen LogP contribution in [0.2, 0.25) is 5.02 Å². The van der Waals surface area contributed by atoms with Crippen LogP contribution in [0.3, 0.4) is 0 Å². The Labute approximate surface area is 129 Å². The third-order valence-corrected chi connectivity index (χ3v) is 4.55. The summed E-state index contributed by atoms with van der Waals surface area (Å²) in [5.74, 6) is 0.0421. The summed E-state index contributed by atoms with van der Waals surface area (Å²) >= 11 is 6.14. The average molecular weight is 303 g/mol. The minimum Gasteiger partial charge on any atom is -0.342 e. The first-order valence-corrected chi connectivity index (χ1v) is 7.73. The van der Waals surface area contributed by atoms with E-state index in [1.54, 1.807) is 6.07 Å². The molecule has 3 nitrogen and oxygen atoms in total. The molecule has 0 radical (unpaired) electrons. The third kappa shape index (κ3) is 2.89. The van der Waals surface area contributed by atoms with Crippen molar-refractivity contribution in [3.8, 4) is 0 Å². The van der Waals surface area contributed by atoms with Gasteiger partial charge in [-0.05, 0) is 56.6 Å². The summed E-state index contributed by atoms with van der Waals surface area (Å²) < 4.78 is 2.12. The lowest BCUT2D eigenvalue weighted by molar-refractivity contribution is 0.102. The first kappa shape index (κ1) is 14.4. The number of benzene rings is 1. The van der Waals surface area contributed by atoms with Gasteiger partial charge >= 0.3 is 0 Å². The standard InChI is InChI=1S/C17H19ClN2O/c1-12-4-5-13(11-15(12)18)17(21)16-3-2-10-20(16)14-6-8-19-9-7-14/h2-5,10-11,14,19H,6-9H2,1H3. The number of nitrogens with zero attached hydrogens (tertiary/aromatic N) is 1. The van der Waals surface area contributed by atoms with E-state index in [-0.39, 0.29) is 5.78 Å². The van der Waals surface area contributed by atoms with Gasteiger partial charge in [0, 0.05) is 22.8 Å². The number of rotatable bonds is 3. The molecule has 0 spiro atoms. The monoisotopic (exact) mass is 302 g/mol. The summed E-state index contributed by atoms with van der Waals surface area (Å²) in [7, 11) is 0. The zero-order valence-corrected chi connectivity index (χ0v) is 12.9. The van der Waals surface area contributed by atoms with Gasteiger partial charge in [-0.1, -0.05) is 23.7 Å². The average Bonchev–Trinajstić information content (AvgIpc) is 2.99. The maximum atomic E-state index is 12.7. The van der Waals surface area contributed by atoms with E-state index < -0.39 is 0 Å². The van der Waals surface area contributed by atoms with Crippen LogP contribution in [0, 0.1) is 6.92 Å². The van der Waals surface area contributed by atoms with Gasteiger partial charge in [-0.15, -0.1) is 0 Å². The normalized spacial score (nSPS) is 16.1. The van der Waals surface area contributed by atoms with Crippen LogP contribution in [0.25, 0.3) is 0 Å². The summed E-state index contributed by atoms with van der Waals surface area (Å²) in [5, 5.41) is 3.99. The Hall–Kier alpha value is -1.58. The molecule has 0 aliphatic carbocycles. The minimum atomic E-state index is 0.0421. The number of hydrogen-bond acceptors (Lipinski definition) is 2. The number of aromatic nitrogens is 1. The summed E-state index contributed by atoms with van der Waals surface area (Å²) in [4.78, 5) is 12.7. The van der Waals surface area contributed by atoms with Crippen molar-refractivity contribution in [2.45, 2.75) is 25.8 Å². The van der Waals surface area contributed by atoms with Crippen LogP contribution in [0.1, 0.15) is 40.5 Å². The summed E-state index contributed by atoms with van der Waals surface area (Å²) in [5.41, 5.74) is 2.39. The molecule has 1 aliphatic rings. The van der Waals surface area contributed by atoms with E-state index in [2.05, 4.69) is 9.88 Å². The van der Waals surface area contributed by atoms with Crippen molar-refractivity contribution in [1.29, 1.82) is 0 Å². The molecule has 0 unspecified atom stereocenters. The predicted octanol–water partition coefficient (Wildman–Crippen LogP) is 3.61. The Morgan fingerprint density at radius 2 is 2.05 bits per heavy atom. The van der Waals surface area contributed by atoms with Gasteiger partial charge in [0.25, 0.3) is 0 Å². The lowest BCUT2D eigenvalue weighted by atomic mass is 10.0. The highest BCUT2D eigenvalue weighted by Crippen LogP contribution is 2.24. The first-order chi connectivity index (χ1) is 10.2. The number of hydrogen-bond donors (Lipinski definition) is 1. The molecule has 1 fully saturated rings. The molecule has 4 heteroatoms. The second kappa shape index (κ2) is 6.04. The molecule has 21 heavy (non-hydrogen) atoms. The SMILES string of the molecule is Cc1ccc(C(=O)c2cccn2C2CCNCC2)cc1Cl. The van der Waals surface area contributed by atoms with Crippen LogP contribution in [-0.4, -0.2) is 23.4 Å². The molecule has 0 atom stereocenters. The number of ketones is 1. The van der Waals surface area contributed by atoms with Gasteiger partial charge in [0.15, 0.2) is 0 Å². The van der Waals surface area contributed by atoms with Crippen LogP contribution in [0.4, 0.5) is 0 Å². The van der Waals surface area contributed by atoms with E-state index in [4.69, 9.17) is 11.6 Å². The topological polar surface area (TPSA) is 34.0 Å². The molecule has 3 rings (SSSR count). The van der Waals surface area contributed by atoms with Crippen LogP contribution in [0.5, 0.6) is 0 Å². The Morgan fingerprint density at radius 1 is 1.29 bits per heavy atom. The fraction of sp³-hybridized carbons (Fsp3) is 0.353. The lowest BCUT2D eigenvalue weighted by Crippen LogP contribution is -2.30. The number of carbonyl (C=O) groups excluding carboxylic acids is 1. The Balaban J connectivity index is 1.91. The van der Waals surface area contributed by atoms with E-state index in [1.165, 1.54) is 0 Å². The predicted molar refractivity (Wildman–Crippen MR) is 85.2 cm³/mol. The summed E-state index contributed by atoms with van der Waals surface area (Å²) in [6.45, 7) is 3.95. The highest BCUT2D eigenvalue weighted by atomic mass is 35.5. The van der Waals surface area contributed by atoms with Crippen LogP contribution in [0.15, 0.2) is 36.5 Å².